The van der Waals surface area contributed by atoms with Crippen molar-refractivity contribution in [1.29, 1.82) is 0 Å². The first kappa shape index (κ1) is 12.3. The van der Waals surface area contributed by atoms with Crippen LogP contribution < -0.4 is 0 Å². The molecule has 0 amide bonds. The van der Waals surface area contributed by atoms with Crippen LogP contribution in [0.25, 0.3) is 0 Å². The number of hydrogen-bond acceptors (Lipinski definition) is 2. The predicted molar refractivity (Wildman–Crippen MR) is 69.9 cm³/mol. The molecule has 0 aromatic heterocycles. The minimum atomic E-state index is -0.0290. The normalized spacial score (nSPS) is 17.1. The molecule has 17 heavy (non-hydrogen) atoms. The van der Waals surface area contributed by atoms with Crippen molar-refractivity contribution in [3.05, 3.63) is 35.9 Å². The third-order valence-corrected chi connectivity index (χ3v) is 3.48. The van der Waals surface area contributed by atoms with Crippen molar-refractivity contribution >= 4 is 5.78 Å². The molecule has 92 valence electrons. The van der Waals surface area contributed by atoms with Crippen molar-refractivity contribution in [2.24, 2.45) is 0 Å². The van der Waals surface area contributed by atoms with Crippen LogP contribution in [0.1, 0.15) is 44.7 Å². The highest BCUT2D eigenvalue weighted by Crippen LogP contribution is 2.35. The van der Waals surface area contributed by atoms with Gasteiger partial charge in [0.25, 0.3) is 0 Å². The Morgan fingerprint density at radius 2 is 1.94 bits per heavy atom. The van der Waals surface area contributed by atoms with Gasteiger partial charge in [0.15, 0.2) is 5.78 Å². The number of likely N-dealkylation sites (N-methyl/N-ethyl adjacent to an activating group) is 1. The summed E-state index contributed by atoms with van der Waals surface area (Å²) in [5.74, 6) is 0.338. The van der Waals surface area contributed by atoms with Gasteiger partial charge in [0, 0.05) is 12.5 Å². The summed E-state index contributed by atoms with van der Waals surface area (Å²) in [5, 5.41) is 0. The van der Waals surface area contributed by atoms with E-state index in [4.69, 9.17) is 0 Å². The van der Waals surface area contributed by atoms with Gasteiger partial charge in [0.2, 0.25) is 0 Å². The van der Waals surface area contributed by atoms with E-state index >= 15 is 0 Å². The Bertz CT molecular complexity index is 370. The molecule has 1 aromatic rings. The van der Waals surface area contributed by atoms with E-state index in [0.29, 0.717) is 18.2 Å². The average molecular weight is 231 g/mol. The topological polar surface area (TPSA) is 20.3 Å². The molecule has 0 N–H and O–H groups in total. The predicted octanol–water partition coefficient (Wildman–Crippen LogP) is 3.19. The first-order chi connectivity index (χ1) is 8.27. The number of carbonyl (C=O) groups excluding carboxylic acids is 1. The lowest BCUT2D eigenvalue weighted by Gasteiger charge is -2.29. The van der Waals surface area contributed by atoms with Gasteiger partial charge in [-0.1, -0.05) is 44.2 Å². The zero-order chi connectivity index (χ0) is 12.3. The summed E-state index contributed by atoms with van der Waals surface area (Å²) in [7, 11) is 0. The number of rotatable bonds is 6. The van der Waals surface area contributed by atoms with Crippen LogP contribution in [0.15, 0.2) is 30.3 Å². The number of nitrogens with zero attached hydrogens (tertiary/aromatic N) is 1. The molecule has 1 aliphatic rings. The van der Waals surface area contributed by atoms with Crippen molar-refractivity contribution in [1.82, 2.24) is 4.90 Å². The summed E-state index contributed by atoms with van der Waals surface area (Å²) < 4.78 is 0. The maximum absolute atomic E-state index is 12.2. The summed E-state index contributed by atoms with van der Waals surface area (Å²) in [4.78, 5) is 14.6. The Morgan fingerprint density at radius 3 is 2.41 bits per heavy atom. The molecule has 1 saturated carbocycles. The largest absolute Gasteiger partial charge is 0.298 e. The molecule has 2 heteroatoms. The third-order valence-electron chi connectivity index (χ3n) is 3.48. The Kier molecular flexibility index (Phi) is 3.95. The standard InChI is InChI=1S/C15H21NO/c1-3-14(17)15(12-8-6-5-7-9-12)16(4-2)13-10-11-13/h5-9,13,15H,3-4,10-11H2,1-2H3/t15-/m1/s1. The molecule has 0 heterocycles. The van der Waals surface area contributed by atoms with E-state index < -0.39 is 0 Å². The fourth-order valence-corrected chi connectivity index (χ4v) is 2.45. The van der Waals surface area contributed by atoms with E-state index in [1.807, 2.05) is 25.1 Å². The van der Waals surface area contributed by atoms with Gasteiger partial charge in [-0.15, -0.1) is 0 Å². The highest BCUT2D eigenvalue weighted by Gasteiger charge is 2.36. The summed E-state index contributed by atoms with van der Waals surface area (Å²) >= 11 is 0. The minimum Gasteiger partial charge on any atom is -0.298 e. The van der Waals surface area contributed by atoms with Crippen LogP contribution in [-0.2, 0) is 4.79 Å². The Labute approximate surface area is 104 Å². The molecule has 1 aromatic carbocycles. The van der Waals surface area contributed by atoms with Crippen molar-refractivity contribution in [2.45, 2.75) is 45.2 Å². The van der Waals surface area contributed by atoms with Gasteiger partial charge >= 0.3 is 0 Å². The maximum Gasteiger partial charge on any atom is 0.154 e. The molecule has 0 saturated heterocycles. The Balaban J connectivity index is 2.27. The smallest absolute Gasteiger partial charge is 0.154 e. The van der Waals surface area contributed by atoms with Crippen LogP contribution in [0.4, 0.5) is 0 Å². The SMILES string of the molecule is CCC(=O)[C@@H](c1ccccc1)N(CC)C1CC1. The molecule has 0 radical (unpaired) electrons. The quantitative estimate of drug-likeness (QED) is 0.749. The van der Waals surface area contributed by atoms with Crippen LogP contribution in [0.5, 0.6) is 0 Å². The fraction of sp³-hybridized carbons (Fsp3) is 0.533. The van der Waals surface area contributed by atoms with Crippen molar-refractivity contribution in [2.75, 3.05) is 6.54 Å². The molecule has 1 aliphatic carbocycles. The lowest BCUT2D eigenvalue weighted by Crippen LogP contribution is -2.35. The summed E-state index contributed by atoms with van der Waals surface area (Å²) in [6.07, 6.45) is 3.10. The second-order valence-corrected chi connectivity index (χ2v) is 4.69. The highest BCUT2D eigenvalue weighted by molar-refractivity contribution is 5.85. The third kappa shape index (κ3) is 2.75. The van der Waals surface area contributed by atoms with Crippen LogP contribution in [0.2, 0.25) is 0 Å². The number of carbonyl (C=O) groups is 1. The first-order valence-electron chi connectivity index (χ1n) is 6.61. The van der Waals surface area contributed by atoms with E-state index in [1.54, 1.807) is 0 Å². The van der Waals surface area contributed by atoms with Crippen LogP contribution in [0, 0.1) is 0 Å². The molecule has 2 rings (SSSR count). The highest BCUT2D eigenvalue weighted by atomic mass is 16.1. The van der Waals surface area contributed by atoms with Crippen LogP contribution in [0.3, 0.4) is 0 Å². The van der Waals surface area contributed by atoms with Crippen molar-refractivity contribution < 1.29 is 4.79 Å². The number of ketones is 1. The van der Waals surface area contributed by atoms with Crippen LogP contribution in [-0.4, -0.2) is 23.3 Å². The van der Waals surface area contributed by atoms with Gasteiger partial charge in [-0.2, -0.15) is 0 Å². The van der Waals surface area contributed by atoms with Gasteiger partial charge in [-0.05, 0) is 24.9 Å². The molecular formula is C15H21NO. The molecular weight excluding hydrogens is 210 g/mol. The second-order valence-electron chi connectivity index (χ2n) is 4.69. The molecule has 1 fully saturated rings. The van der Waals surface area contributed by atoms with Crippen molar-refractivity contribution in [3.63, 3.8) is 0 Å². The van der Waals surface area contributed by atoms with Crippen LogP contribution >= 0.6 is 0 Å². The van der Waals surface area contributed by atoms with Gasteiger partial charge in [-0.3, -0.25) is 9.69 Å². The Hall–Kier alpha value is -1.15. The van der Waals surface area contributed by atoms with E-state index in [0.717, 1.165) is 12.1 Å². The molecule has 0 bridgehead atoms. The maximum atomic E-state index is 12.2. The minimum absolute atomic E-state index is 0.0290. The Morgan fingerprint density at radius 1 is 1.29 bits per heavy atom. The lowest BCUT2D eigenvalue weighted by atomic mass is 9.99. The number of hydrogen-bond donors (Lipinski definition) is 0. The molecule has 2 nitrogen and oxygen atoms in total. The molecule has 0 aliphatic heterocycles. The zero-order valence-corrected chi connectivity index (χ0v) is 10.7. The number of Topliss-reactive ketones (excluding diaryl/α,β-unsaturated/α-hetero) is 1. The van der Waals surface area contributed by atoms with Gasteiger partial charge in [0.1, 0.15) is 0 Å². The fourth-order valence-electron chi connectivity index (χ4n) is 2.45. The summed E-state index contributed by atoms with van der Waals surface area (Å²) in [5.41, 5.74) is 1.15. The van der Waals surface area contributed by atoms with Crippen molar-refractivity contribution in [3.8, 4) is 0 Å². The van der Waals surface area contributed by atoms with E-state index in [1.165, 1.54) is 12.8 Å². The van der Waals surface area contributed by atoms with E-state index in [-0.39, 0.29) is 6.04 Å². The van der Waals surface area contributed by atoms with Gasteiger partial charge in [0.05, 0.1) is 6.04 Å². The van der Waals surface area contributed by atoms with Gasteiger partial charge < -0.3 is 0 Å². The summed E-state index contributed by atoms with van der Waals surface area (Å²) in [6, 6.07) is 10.8. The zero-order valence-electron chi connectivity index (χ0n) is 10.7. The first-order valence-corrected chi connectivity index (χ1v) is 6.61. The average Bonchev–Trinajstić information content (AvgIpc) is 3.20. The molecule has 0 spiro atoms. The lowest BCUT2D eigenvalue weighted by molar-refractivity contribution is -0.124. The van der Waals surface area contributed by atoms with E-state index in [2.05, 4.69) is 24.0 Å². The summed E-state index contributed by atoms with van der Waals surface area (Å²) in [6.45, 7) is 5.06. The number of benzene rings is 1. The monoisotopic (exact) mass is 231 g/mol. The van der Waals surface area contributed by atoms with Gasteiger partial charge in [-0.25, -0.2) is 0 Å². The molecule has 0 unspecified atom stereocenters. The second kappa shape index (κ2) is 5.46. The van der Waals surface area contributed by atoms with E-state index in [9.17, 15) is 4.79 Å². The molecule has 1 atom stereocenters.